The maximum Gasteiger partial charge on any atom is 0.198 e. The van der Waals surface area contributed by atoms with Gasteiger partial charge in [-0.3, -0.25) is 4.79 Å². The van der Waals surface area contributed by atoms with Crippen LogP contribution in [0.3, 0.4) is 0 Å². The molecule has 0 aliphatic rings. The molecule has 0 heterocycles. The smallest absolute Gasteiger partial charge is 0.198 e. The van der Waals surface area contributed by atoms with Gasteiger partial charge in [-0.1, -0.05) is 96.8 Å². The molecule has 0 unspecified atom stereocenters. The Morgan fingerprint density at radius 3 is 1.16 bits per heavy atom. The first-order chi connectivity index (χ1) is 9.41. The van der Waals surface area contributed by atoms with Gasteiger partial charge < -0.3 is 0 Å². The first kappa shape index (κ1) is 18.7. The third-order valence-corrected chi connectivity index (χ3v) is 3.88. The van der Waals surface area contributed by atoms with Crippen molar-refractivity contribution in [3.63, 3.8) is 0 Å². The zero-order valence-electron chi connectivity index (χ0n) is 13.2. The minimum atomic E-state index is 0.637. The van der Waals surface area contributed by atoms with E-state index in [1.165, 1.54) is 89.9 Å². The molecule has 0 fully saturated rings. The second kappa shape index (κ2) is 17.7. The average molecular weight is 267 g/mol. The van der Waals surface area contributed by atoms with Gasteiger partial charge in [0.25, 0.3) is 0 Å². The SMILES string of the molecule is CCCCCCCCCCCCCCCCC[C]=O. The third-order valence-electron chi connectivity index (χ3n) is 3.88. The van der Waals surface area contributed by atoms with E-state index >= 15 is 0 Å². The van der Waals surface area contributed by atoms with Crippen molar-refractivity contribution < 1.29 is 4.79 Å². The monoisotopic (exact) mass is 267 g/mol. The van der Waals surface area contributed by atoms with Crippen LogP contribution in [0.15, 0.2) is 0 Å². The molecule has 0 aliphatic carbocycles. The molecule has 0 aromatic rings. The zero-order valence-corrected chi connectivity index (χ0v) is 13.2. The molecule has 0 N–H and O–H groups in total. The molecule has 0 aromatic heterocycles. The normalized spacial score (nSPS) is 10.8. The zero-order chi connectivity index (χ0) is 14.0. The molecule has 1 radical (unpaired) electrons. The summed E-state index contributed by atoms with van der Waals surface area (Å²) in [7, 11) is 0. The van der Waals surface area contributed by atoms with Crippen LogP contribution < -0.4 is 0 Å². The quantitative estimate of drug-likeness (QED) is 0.297. The Kier molecular flexibility index (Phi) is 17.4. The van der Waals surface area contributed by atoms with E-state index in [1.807, 2.05) is 6.29 Å². The predicted molar refractivity (Wildman–Crippen MR) is 85.2 cm³/mol. The van der Waals surface area contributed by atoms with E-state index in [9.17, 15) is 4.79 Å². The summed E-state index contributed by atoms with van der Waals surface area (Å²) < 4.78 is 0. The molecule has 0 atom stereocenters. The van der Waals surface area contributed by atoms with Crippen molar-refractivity contribution in [3.05, 3.63) is 0 Å². The number of hydrogen-bond acceptors (Lipinski definition) is 1. The second-order valence-corrected chi connectivity index (χ2v) is 5.84. The lowest BCUT2D eigenvalue weighted by atomic mass is 10.0. The summed E-state index contributed by atoms with van der Waals surface area (Å²) in [6, 6.07) is 0. The minimum Gasteiger partial charge on any atom is -0.291 e. The van der Waals surface area contributed by atoms with Gasteiger partial charge in [0.1, 0.15) is 0 Å². The average Bonchev–Trinajstić information content (AvgIpc) is 2.43. The fraction of sp³-hybridized carbons (Fsp3) is 0.944. The third kappa shape index (κ3) is 17.7. The summed E-state index contributed by atoms with van der Waals surface area (Å²) in [5.41, 5.74) is 0. The molecule has 1 nitrogen and oxygen atoms in total. The fourth-order valence-corrected chi connectivity index (χ4v) is 2.57. The summed E-state index contributed by atoms with van der Waals surface area (Å²) in [6.07, 6.45) is 23.2. The fourth-order valence-electron chi connectivity index (χ4n) is 2.57. The molecule has 19 heavy (non-hydrogen) atoms. The highest BCUT2D eigenvalue weighted by Gasteiger charge is 1.94. The Morgan fingerprint density at radius 2 is 0.842 bits per heavy atom. The molecule has 0 rings (SSSR count). The van der Waals surface area contributed by atoms with Crippen molar-refractivity contribution in [1.82, 2.24) is 0 Å². The van der Waals surface area contributed by atoms with Gasteiger partial charge in [0, 0.05) is 6.42 Å². The minimum absolute atomic E-state index is 0.637. The van der Waals surface area contributed by atoms with Crippen LogP contribution in [0.2, 0.25) is 0 Å². The Labute approximate surface area is 121 Å². The van der Waals surface area contributed by atoms with Gasteiger partial charge in [0.2, 0.25) is 0 Å². The van der Waals surface area contributed by atoms with E-state index in [0.717, 1.165) is 6.42 Å². The molecule has 0 bridgehead atoms. The number of rotatable bonds is 16. The Balaban J connectivity index is 2.89. The highest BCUT2D eigenvalue weighted by molar-refractivity contribution is 5.50. The summed E-state index contributed by atoms with van der Waals surface area (Å²) >= 11 is 0. The van der Waals surface area contributed by atoms with Gasteiger partial charge in [0.05, 0.1) is 0 Å². The van der Waals surface area contributed by atoms with E-state index in [4.69, 9.17) is 0 Å². The van der Waals surface area contributed by atoms with Crippen molar-refractivity contribution in [2.24, 2.45) is 0 Å². The molecule has 113 valence electrons. The Bertz CT molecular complexity index is 165. The molecule has 0 aromatic carbocycles. The molecule has 0 spiro atoms. The largest absolute Gasteiger partial charge is 0.291 e. The van der Waals surface area contributed by atoms with E-state index < -0.39 is 0 Å². The van der Waals surface area contributed by atoms with E-state index in [-0.39, 0.29) is 0 Å². The van der Waals surface area contributed by atoms with Gasteiger partial charge in [-0.25, -0.2) is 0 Å². The lowest BCUT2D eigenvalue weighted by Gasteiger charge is -2.02. The summed E-state index contributed by atoms with van der Waals surface area (Å²) in [5.74, 6) is 0. The standard InChI is InChI=1S/C18H35O/c1-2-3-4-5-6-7-8-9-10-11-12-13-14-15-16-17-18-19/h2-17H2,1H3. The van der Waals surface area contributed by atoms with Crippen molar-refractivity contribution in [2.75, 3.05) is 0 Å². The number of unbranched alkanes of at least 4 members (excludes halogenated alkanes) is 15. The van der Waals surface area contributed by atoms with Crippen LogP contribution in [0.25, 0.3) is 0 Å². The van der Waals surface area contributed by atoms with E-state index in [0.29, 0.717) is 6.42 Å². The van der Waals surface area contributed by atoms with Crippen LogP contribution in [0.1, 0.15) is 110 Å². The van der Waals surface area contributed by atoms with Crippen molar-refractivity contribution in [1.29, 1.82) is 0 Å². The van der Waals surface area contributed by atoms with Crippen molar-refractivity contribution >= 4 is 6.29 Å². The molecular weight excluding hydrogens is 232 g/mol. The van der Waals surface area contributed by atoms with Crippen LogP contribution in [0, 0.1) is 0 Å². The maximum absolute atomic E-state index is 10.0. The Hall–Kier alpha value is -0.330. The molecule has 0 saturated carbocycles. The molecule has 0 aliphatic heterocycles. The molecule has 0 amide bonds. The first-order valence-corrected chi connectivity index (χ1v) is 8.76. The van der Waals surface area contributed by atoms with Gasteiger partial charge in [0.15, 0.2) is 6.29 Å². The highest BCUT2D eigenvalue weighted by Crippen LogP contribution is 2.13. The van der Waals surface area contributed by atoms with Crippen LogP contribution in [-0.2, 0) is 4.79 Å². The van der Waals surface area contributed by atoms with E-state index in [1.54, 1.807) is 0 Å². The van der Waals surface area contributed by atoms with Crippen molar-refractivity contribution in [2.45, 2.75) is 110 Å². The number of hydrogen-bond donors (Lipinski definition) is 0. The molecular formula is C18H35O. The number of carbonyl (C=O) groups excluding carboxylic acids is 1. The topological polar surface area (TPSA) is 17.1 Å². The maximum atomic E-state index is 10.0. The lowest BCUT2D eigenvalue weighted by Crippen LogP contribution is -1.83. The second-order valence-electron chi connectivity index (χ2n) is 5.84. The summed E-state index contributed by atoms with van der Waals surface area (Å²) in [4.78, 5) is 10.0. The van der Waals surface area contributed by atoms with Crippen LogP contribution in [0.4, 0.5) is 0 Å². The van der Waals surface area contributed by atoms with Gasteiger partial charge in [-0.15, -0.1) is 0 Å². The highest BCUT2D eigenvalue weighted by atomic mass is 16.1. The summed E-state index contributed by atoms with van der Waals surface area (Å²) in [6.45, 7) is 2.28. The first-order valence-electron chi connectivity index (χ1n) is 8.76. The molecule has 1 heteroatoms. The van der Waals surface area contributed by atoms with Crippen LogP contribution in [-0.4, -0.2) is 6.29 Å². The van der Waals surface area contributed by atoms with Crippen molar-refractivity contribution in [3.8, 4) is 0 Å². The van der Waals surface area contributed by atoms with Gasteiger partial charge >= 0.3 is 0 Å². The van der Waals surface area contributed by atoms with Gasteiger partial charge in [-0.2, -0.15) is 0 Å². The molecule has 0 saturated heterocycles. The van der Waals surface area contributed by atoms with Crippen LogP contribution >= 0.6 is 0 Å². The van der Waals surface area contributed by atoms with Gasteiger partial charge in [-0.05, 0) is 6.42 Å². The predicted octanol–water partition coefficient (Wildman–Crippen LogP) is 6.36. The van der Waals surface area contributed by atoms with E-state index in [2.05, 4.69) is 6.92 Å². The lowest BCUT2D eigenvalue weighted by molar-refractivity contribution is 0.527. The van der Waals surface area contributed by atoms with Crippen LogP contribution in [0.5, 0.6) is 0 Å². The Morgan fingerprint density at radius 1 is 0.526 bits per heavy atom. The summed E-state index contributed by atoms with van der Waals surface area (Å²) in [5, 5.41) is 0.